The molecule has 0 saturated heterocycles. The molecule has 0 atom stereocenters. The van der Waals surface area contributed by atoms with E-state index in [1.165, 1.54) is 0 Å². The van der Waals surface area contributed by atoms with Gasteiger partial charge in [-0.1, -0.05) is 0 Å². The molecule has 2 N–H and O–H groups in total. The van der Waals surface area contributed by atoms with E-state index in [-0.39, 0.29) is 5.91 Å². The maximum Gasteiger partial charge on any atom is 0.225 e. The van der Waals surface area contributed by atoms with Crippen molar-refractivity contribution in [1.82, 2.24) is 10.2 Å². The molecule has 0 bridgehead atoms. The predicted molar refractivity (Wildman–Crippen MR) is 82.1 cm³/mol. The van der Waals surface area contributed by atoms with Gasteiger partial charge in [0.15, 0.2) is 11.5 Å². The molecule has 1 heterocycles. The molecule has 1 aromatic rings. The monoisotopic (exact) mass is 293 g/mol. The third-order valence-electron chi connectivity index (χ3n) is 3.09. The fraction of sp³-hybridized carbons (Fsp3) is 0.533. The number of nitrogens with one attached hydrogen (secondary N) is 2. The van der Waals surface area contributed by atoms with Crippen molar-refractivity contribution in [2.75, 3.05) is 52.3 Å². The summed E-state index contributed by atoms with van der Waals surface area (Å²) in [6.45, 7) is 3.62. The normalized spacial score (nSPS) is 13.3. The van der Waals surface area contributed by atoms with E-state index in [0.717, 1.165) is 24.5 Å². The topological polar surface area (TPSA) is 62.8 Å². The number of carbonyl (C=O) groups is 1. The zero-order chi connectivity index (χ0) is 15.1. The van der Waals surface area contributed by atoms with Crippen molar-refractivity contribution in [1.29, 1.82) is 0 Å². The van der Waals surface area contributed by atoms with Gasteiger partial charge in [-0.25, -0.2) is 0 Å². The number of benzene rings is 1. The summed E-state index contributed by atoms with van der Waals surface area (Å²) in [6, 6.07) is 5.44. The average molecular weight is 293 g/mol. The molecule has 0 fully saturated rings. The van der Waals surface area contributed by atoms with Crippen molar-refractivity contribution in [2.45, 2.75) is 6.42 Å². The molecule has 1 aromatic carbocycles. The second-order valence-electron chi connectivity index (χ2n) is 5.21. The Morgan fingerprint density at radius 2 is 1.95 bits per heavy atom. The first-order chi connectivity index (χ1) is 10.1. The molecule has 0 radical (unpaired) electrons. The number of nitrogens with zero attached hydrogens (tertiary/aromatic N) is 1. The van der Waals surface area contributed by atoms with Crippen molar-refractivity contribution in [2.24, 2.45) is 0 Å². The van der Waals surface area contributed by atoms with Crippen LogP contribution in [0.3, 0.4) is 0 Å². The molecule has 0 unspecified atom stereocenters. The zero-order valence-corrected chi connectivity index (χ0v) is 12.6. The fourth-order valence-electron chi connectivity index (χ4n) is 1.97. The van der Waals surface area contributed by atoms with E-state index < -0.39 is 0 Å². The number of hydrogen-bond donors (Lipinski definition) is 2. The Hall–Kier alpha value is -1.79. The van der Waals surface area contributed by atoms with Gasteiger partial charge in [0.1, 0.15) is 13.2 Å². The standard InChI is InChI=1S/C15H23N3O3/c1-18(2)8-7-16-6-5-15(19)17-12-3-4-13-14(11-12)21-10-9-20-13/h3-4,11,16H,5-10H2,1-2H3,(H,17,19). The van der Waals surface area contributed by atoms with Crippen LogP contribution in [0.4, 0.5) is 5.69 Å². The largest absolute Gasteiger partial charge is 0.486 e. The van der Waals surface area contributed by atoms with E-state index in [4.69, 9.17) is 9.47 Å². The first-order valence-electron chi connectivity index (χ1n) is 7.20. The Balaban J connectivity index is 1.72. The molecule has 116 valence electrons. The number of amides is 1. The summed E-state index contributed by atoms with van der Waals surface area (Å²) in [7, 11) is 4.05. The second-order valence-corrected chi connectivity index (χ2v) is 5.21. The van der Waals surface area contributed by atoms with E-state index in [0.29, 0.717) is 31.9 Å². The predicted octanol–water partition coefficient (Wildman–Crippen LogP) is 0.938. The lowest BCUT2D eigenvalue weighted by molar-refractivity contribution is -0.116. The van der Waals surface area contributed by atoms with Gasteiger partial charge >= 0.3 is 0 Å². The Kier molecular flexibility index (Phi) is 5.83. The zero-order valence-electron chi connectivity index (χ0n) is 12.6. The first kappa shape index (κ1) is 15.6. The highest BCUT2D eigenvalue weighted by Crippen LogP contribution is 2.32. The van der Waals surface area contributed by atoms with Gasteiger partial charge in [0, 0.05) is 37.8 Å². The second kappa shape index (κ2) is 7.85. The van der Waals surface area contributed by atoms with E-state index in [9.17, 15) is 4.79 Å². The number of hydrogen-bond acceptors (Lipinski definition) is 5. The summed E-state index contributed by atoms with van der Waals surface area (Å²) in [6.07, 6.45) is 0.446. The molecule has 0 aromatic heterocycles. The minimum absolute atomic E-state index is 0.0102. The number of likely N-dealkylation sites (N-methyl/N-ethyl adjacent to an activating group) is 1. The molecule has 1 amide bonds. The molecular formula is C15H23N3O3. The van der Waals surface area contributed by atoms with Gasteiger partial charge in [0.05, 0.1) is 0 Å². The Labute approximate surface area is 125 Å². The maximum absolute atomic E-state index is 11.8. The van der Waals surface area contributed by atoms with Gasteiger partial charge < -0.3 is 25.0 Å². The first-order valence-corrected chi connectivity index (χ1v) is 7.20. The van der Waals surface area contributed by atoms with Crippen LogP contribution in [0.2, 0.25) is 0 Å². The van der Waals surface area contributed by atoms with E-state index in [1.54, 1.807) is 6.07 Å². The smallest absolute Gasteiger partial charge is 0.225 e. The minimum Gasteiger partial charge on any atom is -0.486 e. The van der Waals surface area contributed by atoms with Crippen molar-refractivity contribution in [3.05, 3.63) is 18.2 Å². The highest BCUT2D eigenvalue weighted by Gasteiger charge is 2.12. The Morgan fingerprint density at radius 3 is 2.71 bits per heavy atom. The lowest BCUT2D eigenvalue weighted by atomic mass is 10.2. The van der Waals surface area contributed by atoms with Crippen LogP contribution in [0.1, 0.15) is 6.42 Å². The summed E-state index contributed by atoms with van der Waals surface area (Å²) in [5.41, 5.74) is 0.734. The number of ether oxygens (including phenoxy) is 2. The third-order valence-corrected chi connectivity index (χ3v) is 3.09. The van der Waals surface area contributed by atoms with E-state index in [2.05, 4.69) is 15.5 Å². The summed E-state index contributed by atoms with van der Waals surface area (Å²) in [5.74, 6) is 1.40. The molecule has 1 aliphatic heterocycles. The number of anilines is 1. The van der Waals surface area contributed by atoms with Crippen molar-refractivity contribution in [3.63, 3.8) is 0 Å². The Morgan fingerprint density at radius 1 is 1.19 bits per heavy atom. The van der Waals surface area contributed by atoms with Crippen molar-refractivity contribution < 1.29 is 14.3 Å². The SMILES string of the molecule is CN(C)CCNCCC(=O)Nc1ccc2c(c1)OCCO2. The van der Waals surface area contributed by atoms with Gasteiger partial charge in [-0.3, -0.25) is 4.79 Å². The molecule has 6 heteroatoms. The van der Waals surface area contributed by atoms with Crippen LogP contribution in [-0.2, 0) is 4.79 Å². The quantitative estimate of drug-likeness (QED) is 0.733. The third kappa shape index (κ3) is 5.24. The van der Waals surface area contributed by atoms with Gasteiger partial charge in [0.2, 0.25) is 5.91 Å². The van der Waals surface area contributed by atoms with Crippen molar-refractivity contribution >= 4 is 11.6 Å². The average Bonchev–Trinajstić information content (AvgIpc) is 2.46. The minimum atomic E-state index is -0.0102. The lowest BCUT2D eigenvalue weighted by Crippen LogP contribution is -2.29. The molecule has 1 aliphatic rings. The van der Waals surface area contributed by atoms with Crippen LogP contribution in [0.25, 0.3) is 0 Å². The lowest BCUT2D eigenvalue weighted by Gasteiger charge is -2.19. The molecule has 6 nitrogen and oxygen atoms in total. The van der Waals surface area contributed by atoms with Crippen LogP contribution in [-0.4, -0.2) is 57.8 Å². The molecular weight excluding hydrogens is 270 g/mol. The van der Waals surface area contributed by atoms with Gasteiger partial charge in [0.25, 0.3) is 0 Å². The Bertz CT molecular complexity index is 477. The molecule has 0 aliphatic carbocycles. The van der Waals surface area contributed by atoms with Crippen LogP contribution < -0.4 is 20.1 Å². The highest BCUT2D eigenvalue weighted by molar-refractivity contribution is 5.91. The van der Waals surface area contributed by atoms with Gasteiger partial charge in [-0.15, -0.1) is 0 Å². The number of carbonyl (C=O) groups excluding carboxylic acids is 1. The van der Waals surface area contributed by atoms with Crippen LogP contribution in [0.5, 0.6) is 11.5 Å². The molecule has 0 saturated carbocycles. The number of fused-ring (bicyclic) bond motifs is 1. The van der Waals surface area contributed by atoms with Crippen LogP contribution in [0.15, 0.2) is 18.2 Å². The van der Waals surface area contributed by atoms with Crippen molar-refractivity contribution in [3.8, 4) is 11.5 Å². The summed E-state index contributed by atoms with van der Waals surface area (Å²) in [4.78, 5) is 13.9. The van der Waals surface area contributed by atoms with E-state index in [1.807, 2.05) is 26.2 Å². The van der Waals surface area contributed by atoms with Gasteiger partial charge in [-0.05, 0) is 26.2 Å². The van der Waals surface area contributed by atoms with Crippen LogP contribution in [0, 0.1) is 0 Å². The maximum atomic E-state index is 11.8. The molecule has 21 heavy (non-hydrogen) atoms. The number of rotatable bonds is 7. The summed E-state index contributed by atoms with van der Waals surface area (Å²) < 4.78 is 10.9. The molecule has 2 rings (SSSR count). The fourth-order valence-corrected chi connectivity index (χ4v) is 1.97. The highest BCUT2D eigenvalue weighted by atomic mass is 16.6. The van der Waals surface area contributed by atoms with Crippen LogP contribution >= 0.6 is 0 Å². The molecule has 0 spiro atoms. The van der Waals surface area contributed by atoms with E-state index >= 15 is 0 Å². The summed E-state index contributed by atoms with van der Waals surface area (Å²) >= 11 is 0. The van der Waals surface area contributed by atoms with Gasteiger partial charge in [-0.2, -0.15) is 0 Å². The summed E-state index contributed by atoms with van der Waals surface area (Å²) in [5, 5.41) is 6.10.